The number of benzene rings is 1. The minimum atomic E-state index is -1.51. The lowest BCUT2D eigenvalue weighted by molar-refractivity contribution is -0.0768. The molecular formula is C20H34OSi2. The first-order chi connectivity index (χ1) is 10.4. The van der Waals surface area contributed by atoms with Crippen LogP contribution in [0.5, 0.6) is 0 Å². The van der Waals surface area contributed by atoms with Gasteiger partial charge in [-0.15, -0.1) is 0 Å². The van der Waals surface area contributed by atoms with Gasteiger partial charge in [-0.2, -0.15) is 0 Å². The fourth-order valence-corrected chi connectivity index (χ4v) is 8.96. The van der Waals surface area contributed by atoms with E-state index in [2.05, 4.69) is 77.4 Å². The van der Waals surface area contributed by atoms with E-state index >= 15 is 0 Å². The van der Waals surface area contributed by atoms with Crippen LogP contribution in [0.4, 0.5) is 0 Å². The topological polar surface area (TPSA) is 9.23 Å². The van der Waals surface area contributed by atoms with Crippen LogP contribution in [-0.4, -0.2) is 23.0 Å². The van der Waals surface area contributed by atoms with E-state index in [0.717, 1.165) is 6.61 Å². The Hall–Kier alpha value is -0.386. The minimum Gasteiger partial charge on any atom is -0.417 e. The summed E-state index contributed by atoms with van der Waals surface area (Å²) in [4.78, 5) is 0. The Morgan fingerprint density at radius 3 is 2.17 bits per heavy atom. The Kier molecular flexibility index (Phi) is 3.66. The zero-order valence-electron chi connectivity index (χ0n) is 16.3. The van der Waals surface area contributed by atoms with E-state index in [9.17, 15) is 0 Å². The largest absolute Gasteiger partial charge is 0.417 e. The summed E-state index contributed by atoms with van der Waals surface area (Å²) in [7, 11) is -2.81. The lowest BCUT2D eigenvalue weighted by atomic mass is 9.44. The van der Waals surface area contributed by atoms with E-state index in [1.807, 2.05) is 0 Å². The molecule has 0 aromatic heterocycles. The van der Waals surface area contributed by atoms with Gasteiger partial charge >= 0.3 is 0 Å². The monoisotopic (exact) mass is 346 g/mol. The third kappa shape index (κ3) is 2.19. The molecule has 0 amide bonds. The van der Waals surface area contributed by atoms with Crippen molar-refractivity contribution in [1.82, 2.24) is 0 Å². The van der Waals surface area contributed by atoms with Gasteiger partial charge in [-0.1, -0.05) is 57.8 Å². The Bertz CT molecular complexity index is 627. The van der Waals surface area contributed by atoms with Crippen LogP contribution in [-0.2, 0) is 16.3 Å². The van der Waals surface area contributed by atoms with Gasteiger partial charge in [0.2, 0.25) is 0 Å². The molecule has 23 heavy (non-hydrogen) atoms. The molecule has 1 fully saturated rings. The van der Waals surface area contributed by atoms with Crippen LogP contribution in [0.3, 0.4) is 0 Å². The second kappa shape index (κ2) is 4.83. The molecule has 0 aliphatic heterocycles. The summed E-state index contributed by atoms with van der Waals surface area (Å²) in [6.45, 7) is 20.7. The number of hydrogen-bond donors (Lipinski definition) is 0. The fourth-order valence-electron chi connectivity index (χ4n) is 5.52. The van der Waals surface area contributed by atoms with Crippen molar-refractivity contribution in [2.75, 3.05) is 6.61 Å². The summed E-state index contributed by atoms with van der Waals surface area (Å²) in [6, 6.07) is 9.19. The molecule has 2 aliphatic rings. The van der Waals surface area contributed by atoms with Crippen LogP contribution in [0.2, 0.25) is 44.3 Å². The first-order valence-corrected chi connectivity index (χ1v) is 16.0. The quantitative estimate of drug-likeness (QED) is 0.622. The normalized spacial score (nSPS) is 36.3. The highest BCUT2D eigenvalue weighted by Crippen LogP contribution is 2.80. The van der Waals surface area contributed by atoms with Crippen molar-refractivity contribution in [3.05, 3.63) is 35.4 Å². The second-order valence-corrected chi connectivity index (χ2v) is 20.5. The molecule has 1 nitrogen and oxygen atoms in total. The Morgan fingerprint density at radius 1 is 1.00 bits per heavy atom. The van der Waals surface area contributed by atoms with E-state index in [1.54, 1.807) is 11.1 Å². The maximum Gasteiger partial charge on any atom is 0.183 e. The molecule has 0 unspecified atom stereocenters. The molecule has 128 valence electrons. The number of rotatable bonds is 4. The number of fused-ring (bicyclic) bond motifs is 3. The maximum atomic E-state index is 6.59. The molecule has 1 aromatic rings. The average molecular weight is 347 g/mol. The van der Waals surface area contributed by atoms with Gasteiger partial charge in [0.05, 0.1) is 8.07 Å². The van der Waals surface area contributed by atoms with E-state index in [4.69, 9.17) is 4.43 Å². The molecule has 3 heteroatoms. The van der Waals surface area contributed by atoms with Crippen molar-refractivity contribution >= 4 is 16.4 Å². The molecule has 0 radical (unpaired) electrons. The van der Waals surface area contributed by atoms with Gasteiger partial charge in [0.1, 0.15) is 0 Å². The highest BCUT2D eigenvalue weighted by molar-refractivity contribution is 6.79. The Labute approximate surface area is 145 Å². The maximum absolute atomic E-state index is 6.59. The predicted octanol–water partition coefficient (Wildman–Crippen LogP) is 5.84. The summed E-state index contributed by atoms with van der Waals surface area (Å²) in [6.07, 6.45) is 2.55. The molecule has 0 bridgehead atoms. The molecule has 1 aromatic carbocycles. The lowest BCUT2D eigenvalue weighted by Crippen LogP contribution is -2.69. The molecular weight excluding hydrogens is 312 g/mol. The Morgan fingerprint density at radius 2 is 1.61 bits per heavy atom. The van der Waals surface area contributed by atoms with Gasteiger partial charge in [-0.05, 0) is 48.6 Å². The van der Waals surface area contributed by atoms with Crippen LogP contribution in [0.1, 0.15) is 31.4 Å². The van der Waals surface area contributed by atoms with E-state index in [-0.39, 0.29) is 0 Å². The summed E-state index contributed by atoms with van der Waals surface area (Å²) in [5, 5.41) is 0.452. The first-order valence-electron chi connectivity index (χ1n) is 9.09. The lowest BCUT2D eigenvalue weighted by Gasteiger charge is -2.71. The van der Waals surface area contributed by atoms with Crippen LogP contribution >= 0.6 is 0 Å². The molecule has 0 heterocycles. The second-order valence-electron chi connectivity index (χ2n) is 10.4. The van der Waals surface area contributed by atoms with E-state index in [1.165, 1.54) is 12.8 Å². The van der Waals surface area contributed by atoms with Gasteiger partial charge in [0, 0.05) is 17.4 Å². The molecule has 0 saturated heterocycles. The van der Waals surface area contributed by atoms with Crippen LogP contribution < -0.4 is 0 Å². The Balaban J connectivity index is 2.08. The predicted molar refractivity (Wildman–Crippen MR) is 106 cm³/mol. The average Bonchev–Trinajstić information content (AvgIpc) is 2.60. The summed E-state index contributed by atoms with van der Waals surface area (Å²) >= 11 is 0. The van der Waals surface area contributed by atoms with Crippen molar-refractivity contribution in [3.8, 4) is 0 Å². The molecule has 0 N–H and O–H groups in total. The van der Waals surface area contributed by atoms with Crippen molar-refractivity contribution in [2.45, 2.75) is 76.4 Å². The molecule has 3 atom stereocenters. The first kappa shape index (κ1) is 17.4. The van der Waals surface area contributed by atoms with Crippen LogP contribution in [0, 0.1) is 5.41 Å². The molecule has 1 saturated carbocycles. The molecule has 0 spiro atoms. The van der Waals surface area contributed by atoms with Gasteiger partial charge in [-0.3, -0.25) is 0 Å². The number of hydrogen-bond acceptors (Lipinski definition) is 1. The van der Waals surface area contributed by atoms with Gasteiger partial charge in [-0.25, -0.2) is 0 Å². The van der Waals surface area contributed by atoms with Crippen molar-refractivity contribution in [3.63, 3.8) is 0 Å². The zero-order valence-corrected chi connectivity index (χ0v) is 18.3. The van der Waals surface area contributed by atoms with E-state index in [0.29, 0.717) is 15.9 Å². The smallest absolute Gasteiger partial charge is 0.183 e. The van der Waals surface area contributed by atoms with Crippen molar-refractivity contribution in [1.29, 1.82) is 0 Å². The highest BCUT2D eigenvalue weighted by atomic mass is 28.4. The molecule has 3 rings (SSSR count). The summed E-state index contributed by atoms with van der Waals surface area (Å²) in [5.41, 5.74) is 3.79. The zero-order chi connectivity index (χ0) is 17.3. The SMILES string of the molecule is C[C@]1([Si](C)(C)C)C[C@]2(C)c3ccccc3C[C@]12CO[Si](C)(C)C. The van der Waals surface area contributed by atoms with Gasteiger partial charge in [0.25, 0.3) is 0 Å². The van der Waals surface area contributed by atoms with Crippen LogP contribution in [0.15, 0.2) is 24.3 Å². The van der Waals surface area contributed by atoms with Crippen LogP contribution in [0.25, 0.3) is 0 Å². The summed E-state index contributed by atoms with van der Waals surface area (Å²) < 4.78 is 6.59. The third-order valence-electron chi connectivity index (χ3n) is 7.33. The third-order valence-corrected chi connectivity index (χ3v) is 12.3. The highest BCUT2D eigenvalue weighted by Gasteiger charge is 2.75. The van der Waals surface area contributed by atoms with Crippen molar-refractivity contribution < 1.29 is 4.43 Å². The standard InChI is InChI=1S/C20H34OSi2/c1-18-14-19(2,22(3,4)5)20(18,15-21-23(6,7)8)13-16-11-9-10-12-17(16)18/h9-12H,13-15H2,1-8H3/t18-,19+,20-/m1/s1. The molecule has 2 aliphatic carbocycles. The fraction of sp³-hybridized carbons (Fsp3) is 0.700. The van der Waals surface area contributed by atoms with Gasteiger partial charge in [0.15, 0.2) is 8.32 Å². The van der Waals surface area contributed by atoms with Gasteiger partial charge < -0.3 is 4.43 Å². The van der Waals surface area contributed by atoms with E-state index < -0.39 is 16.4 Å². The van der Waals surface area contributed by atoms with Crippen molar-refractivity contribution in [2.24, 2.45) is 5.41 Å². The minimum absolute atomic E-state index is 0.300. The summed E-state index contributed by atoms with van der Waals surface area (Å²) in [5.74, 6) is 0.